The van der Waals surface area contributed by atoms with Crippen molar-refractivity contribution in [1.82, 2.24) is 15.5 Å². The fraction of sp³-hybridized carbons (Fsp3) is 0.250. The summed E-state index contributed by atoms with van der Waals surface area (Å²) in [6, 6.07) is 1.93. The van der Waals surface area contributed by atoms with E-state index in [4.69, 9.17) is 0 Å². The lowest BCUT2D eigenvalue weighted by Gasteiger charge is -2.23. The van der Waals surface area contributed by atoms with Crippen molar-refractivity contribution in [3.05, 3.63) is 41.4 Å². The monoisotopic (exact) mass is 245 g/mol. The van der Waals surface area contributed by atoms with Gasteiger partial charge in [0.05, 0.1) is 11.9 Å². The first-order valence-corrected chi connectivity index (χ1v) is 6.40. The van der Waals surface area contributed by atoms with Gasteiger partial charge in [0.15, 0.2) is 0 Å². The van der Waals surface area contributed by atoms with Crippen molar-refractivity contribution in [1.29, 1.82) is 0 Å². The van der Waals surface area contributed by atoms with E-state index in [0.717, 1.165) is 34.7 Å². The highest BCUT2D eigenvalue weighted by Crippen LogP contribution is 2.32. The highest BCUT2D eigenvalue weighted by atomic mass is 32.2. The summed E-state index contributed by atoms with van der Waals surface area (Å²) in [6.07, 6.45) is 4.45. The smallest absolute Gasteiger partial charge is 0.241 e. The molecule has 1 unspecified atom stereocenters. The van der Waals surface area contributed by atoms with Crippen LogP contribution in [0.5, 0.6) is 0 Å². The first-order valence-electron chi connectivity index (χ1n) is 5.35. The van der Waals surface area contributed by atoms with Crippen LogP contribution in [0.3, 0.4) is 0 Å². The summed E-state index contributed by atoms with van der Waals surface area (Å²) in [7, 11) is 0. The molecule has 3 rings (SSSR count). The average Bonchev–Trinajstić information content (AvgIpc) is 2.72. The van der Waals surface area contributed by atoms with Gasteiger partial charge in [-0.1, -0.05) is 12.7 Å². The number of nitrogens with zero attached hydrogens (tertiary/aromatic N) is 2. The number of nitrogens with one attached hydrogen (secondary N) is 1. The summed E-state index contributed by atoms with van der Waals surface area (Å²) in [5.41, 5.74) is 3.93. The molecule has 17 heavy (non-hydrogen) atoms. The average molecular weight is 245 g/mol. The molecule has 0 radical (unpaired) electrons. The van der Waals surface area contributed by atoms with Crippen LogP contribution in [0.4, 0.5) is 0 Å². The molecule has 1 aliphatic carbocycles. The SMILES string of the molecule is C=C1CSC(C2=Cc3ccnnc3C2)C(=O)N1. The van der Waals surface area contributed by atoms with Gasteiger partial charge in [-0.25, -0.2) is 0 Å². The summed E-state index contributed by atoms with van der Waals surface area (Å²) >= 11 is 1.62. The van der Waals surface area contributed by atoms with E-state index in [-0.39, 0.29) is 11.2 Å². The van der Waals surface area contributed by atoms with Gasteiger partial charge >= 0.3 is 0 Å². The van der Waals surface area contributed by atoms with Gasteiger partial charge in [0.25, 0.3) is 0 Å². The molecular weight excluding hydrogens is 234 g/mol. The van der Waals surface area contributed by atoms with Crippen LogP contribution in [-0.2, 0) is 11.2 Å². The van der Waals surface area contributed by atoms with Crippen molar-refractivity contribution in [3.8, 4) is 0 Å². The van der Waals surface area contributed by atoms with E-state index in [9.17, 15) is 4.79 Å². The summed E-state index contributed by atoms with van der Waals surface area (Å²) in [6.45, 7) is 3.77. The number of hydrogen-bond donors (Lipinski definition) is 1. The normalized spacial score (nSPS) is 23.1. The zero-order valence-corrected chi connectivity index (χ0v) is 9.96. The quantitative estimate of drug-likeness (QED) is 0.806. The maximum absolute atomic E-state index is 11.9. The van der Waals surface area contributed by atoms with Crippen molar-refractivity contribution in [2.24, 2.45) is 0 Å². The van der Waals surface area contributed by atoms with Crippen LogP contribution in [0, 0.1) is 0 Å². The Kier molecular flexibility index (Phi) is 2.48. The molecule has 2 heterocycles. The topological polar surface area (TPSA) is 54.9 Å². The van der Waals surface area contributed by atoms with E-state index in [0.29, 0.717) is 0 Å². The van der Waals surface area contributed by atoms with E-state index in [1.165, 1.54) is 0 Å². The molecule has 0 aromatic carbocycles. The number of carbonyl (C=O) groups is 1. The minimum atomic E-state index is -0.116. The zero-order valence-electron chi connectivity index (χ0n) is 9.14. The van der Waals surface area contributed by atoms with Gasteiger partial charge in [0.1, 0.15) is 5.25 Å². The first kappa shape index (κ1) is 10.5. The third kappa shape index (κ3) is 1.86. The van der Waals surface area contributed by atoms with Gasteiger partial charge < -0.3 is 5.32 Å². The Balaban J connectivity index is 1.84. The van der Waals surface area contributed by atoms with Crippen LogP contribution in [0.1, 0.15) is 11.3 Å². The van der Waals surface area contributed by atoms with E-state index in [1.54, 1.807) is 18.0 Å². The third-order valence-electron chi connectivity index (χ3n) is 2.84. The fourth-order valence-corrected chi connectivity index (χ4v) is 3.08. The minimum Gasteiger partial charge on any atom is -0.328 e. The van der Waals surface area contributed by atoms with E-state index < -0.39 is 0 Å². The fourth-order valence-electron chi connectivity index (χ4n) is 2.06. The molecule has 86 valence electrons. The predicted molar refractivity (Wildman–Crippen MR) is 67.2 cm³/mol. The van der Waals surface area contributed by atoms with E-state index >= 15 is 0 Å². The molecular formula is C12H11N3OS. The van der Waals surface area contributed by atoms with Crippen LogP contribution in [0.15, 0.2) is 30.1 Å². The van der Waals surface area contributed by atoms with Crippen LogP contribution < -0.4 is 5.32 Å². The number of fused-ring (bicyclic) bond motifs is 1. The lowest BCUT2D eigenvalue weighted by Crippen LogP contribution is -2.38. The Bertz CT molecular complexity index is 538. The molecule has 1 saturated heterocycles. The Hall–Kier alpha value is -1.62. The van der Waals surface area contributed by atoms with Crippen molar-refractivity contribution >= 4 is 23.7 Å². The van der Waals surface area contributed by atoms with Gasteiger partial charge in [0, 0.05) is 17.9 Å². The summed E-state index contributed by atoms with van der Waals surface area (Å²) < 4.78 is 0. The number of hydrogen-bond acceptors (Lipinski definition) is 4. The van der Waals surface area contributed by atoms with Gasteiger partial charge in [-0.3, -0.25) is 4.79 Å². The Morgan fingerprint density at radius 3 is 3.18 bits per heavy atom. The van der Waals surface area contributed by atoms with E-state index in [1.807, 2.05) is 6.07 Å². The molecule has 1 atom stereocenters. The van der Waals surface area contributed by atoms with Crippen molar-refractivity contribution in [3.63, 3.8) is 0 Å². The standard InChI is InChI=1S/C12H11N3OS/c1-7-6-17-11(12(16)14-7)9-4-8-2-3-13-15-10(8)5-9/h2-4,11H,1,5-6H2,(H,14,16). The van der Waals surface area contributed by atoms with Crippen molar-refractivity contribution < 1.29 is 4.79 Å². The lowest BCUT2D eigenvalue weighted by molar-refractivity contribution is -0.119. The molecule has 4 nitrogen and oxygen atoms in total. The Labute approximate surface area is 103 Å². The summed E-state index contributed by atoms with van der Waals surface area (Å²) in [5.74, 6) is 0.800. The highest BCUT2D eigenvalue weighted by Gasteiger charge is 2.30. The highest BCUT2D eigenvalue weighted by molar-refractivity contribution is 8.01. The second kappa shape index (κ2) is 4.00. The van der Waals surface area contributed by atoms with Crippen LogP contribution in [0.25, 0.3) is 6.08 Å². The molecule has 1 amide bonds. The second-order valence-corrected chi connectivity index (χ2v) is 5.21. The molecule has 5 heteroatoms. The molecule has 0 saturated carbocycles. The third-order valence-corrected chi connectivity index (χ3v) is 4.21. The van der Waals surface area contributed by atoms with Gasteiger partial charge in [-0.15, -0.1) is 11.8 Å². The number of amides is 1. The van der Waals surface area contributed by atoms with Gasteiger partial charge in [-0.2, -0.15) is 10.2 Å². The summed E-state index contributed by atoms with van der Waals surface area (Å²) in [4.78, 5) is 11.9. The molecule has 1 aliphatic heterocycles. The minimum absolute atomic E-state index is 0.0262. The van der Waals surface area contributed by atoms with Crippen LogP contribution in [-0.4, -0.2) is 27.1 Å². The molecule has 0 spiro atoms. The predicted octanol–water partition coefficient (Wildman–Crippen LogP) is 1.16. The Morgan fingerprint density at radius 2 is 2.41 bits per heavy atom. The van der Waals surface area contributed by atoms with Crippen molar-refractivity contribution in [2.45, 2.75) is 11.7 Å². The molecule has 0 bridgehead atoms. The Morgan fingerprint density at radius 1 is 1.53 bits per heavy atom. The van der Waals surface area contributed by atoms with Gasteiger partial charge in [-0.05, 0) is 17.2 Å². The van der Waals surface area contributed by atoms with Gasteiger partial charge in [0.2, 0.25) is 5.91 Å². The van der Waals surface area contributed by atoms with Crippen LogP contribution >= 0.6 is 11.8 Å². The lowest BCUT2D eigenvalue weighted by atomic mass is 10.1. The molecule has 1 N–H and O–H groups in total. The maximum Gasteiger partial charge on any atom is 0.241 e. The number of rotatable bonds is 1. The largest absolute Gasteiger partial charge is 0.328 e. The second-order valence-electron chi connectivity index (χ2n) is 4.11. The summed E-state index contributed by atoms with van der Waals surface area (Å²) in [5, 5.41) is 10.6. The van der Waals surface area contributed by atoms with E-state index in [2.05, 4.69) is 28.2 Å². The molecule has 2 aliphatic rings. The maximum atomic E-state index is 11.9. The molecule has 1 fully saturated rings. The van der Waals surface area contributed by atoms with Crippen LogP contribution in [0.2, 0.25) is 0 Å². The zero-order chi connectivity index (χ0) is 11.8. The molecule has 1 aromatic heterocycles. The number of carbonyl (C=O) groups excluding carboxylic acids is 1. The molecule has 1 aromatic rings. The number of aromatic nitrogens is 2. The van der Waals surface area contributed by atoms with Crippen molar-refractivity contribution in [2.75, 3.05) is 5.75 Å². The first-order chi connectivity index (χ1) is 8.24. The number of thioether (sulfide) groups is 1.